The molecule has 3 aromatic heterocycles. The van der Waals surface area contributed by atoms with Gasteiger partial charge < -0.3 is 16.4 Å². The highest BCUT2D eigenvalue weighted by atomic mass is 16.2. The molecular weight excluding hydrogens is 478 g/mol. The highest BCUT2D eigenvalue weighted by Gasteiger charge is 2.23. The normalized spacial score (nSPS) is 11.7. The molecule has 0 radical (unpaired) electrons. The number of amides is 1. The van der Waals surface area contributed by atoms with Gasteiger partial charge in [-0.1, -0.05) is 49.1 Å². The monoisotopic (exact) mass is 505 g/mol. The van der Waals surface area contributed by atoms with Gasteiger partial charge in [0.2, 0.25) is 0 Å². The number of nitrogen functional groups attached to an aromatic ring is 1. The summed E-state index contributed by atoms with van der Waals surface area (Å²) in [5.41, 5.74) is 8.34. The molecule has 5 rings (SSSR count). The minimum Gasteiger partial charge on any atom is -0.381 e. The number of nitrogens with one attached hydrogen (secondary N) is 2. The van der Waals surface area contributed by atoms with Gasteiger partial charge in [-0.05, 0) is 49.2 Å². The standard InChI is InChI=1S/C29H27N7O2/c1-3-31-15-8-12-20-10-7-11-21-18-23(36(29(38)24(20)21)22-13-5-4-6-14-22)19(2)33-28(37)25-26(30)34-35-17-9-16-32-27(25)35/h4-7,9-11,13-14,16-19,31H,3,15H2,1-2H3,(H2,30,34)(H,33,37)/t19-/m0/s1. The molecule has 1 amide bonds. The van der Waals surface area contributed by atoms with Gasteiger partial charge >= 0.3 is 0 Å². The summed E-state index contributed by atoms with van der Waals surface area (Å²) in [7, 11) is 0. The van der Waals surface area contributed by atoms with E-state index in [0.717, 1.165) is 11.9 Å². The van der Waals surface area contributed by atoms with Crippen LogP contribution in [0, 0.1) is 11.8 Å². The van der Waals surface area contributed by atoms with E-state index in [2.05, 4.69) is 32.6 Å². The van der Waals surface area contributed by atoms with E-state index in [1.165, 1.54) is 4.52 Å². The van der Waals surface area contributed by atoms with Crippen LogP contribution in [0.2, 0.25) is 0 Å². The number of rotatable bonds is 6. The number of aromatic nitrogens is 4. The average molecular weight is 506 g/mol. The fourth-order valence-corrected chi connectivity index (χ4v) is 4.44. The van der Waals surface area contributed by atoms with Crippen LogP contribution in [0.5, 0.6) is 0 Å². The third-order valence-electron chi connectivity index (χ3n) is 6.22. The fraction of sp³-hybridized carbons (Fsp3) is 0.172. The molecule has 0 aliphatic rings. The van der Waals surface area contributed by atoms with Crippen molar-refractivity contribution < 1.29 is 4.79 Å². The molecule has 5 aromatic rings. The largest absolute Gasteiger partial charge is 0.381 e. The summed E-state index contributed by atoms with van der Waals surface area (Å²) in [6.07, 6.45) is 3.25. The molecule has 0 saturated carbocycles. The van der Waals surface area contributed by atoms with Gasteiger partial charge in [0.1, 0.15) is 5.56 Å². The number of pyridine rings is 1. The number of para-hydroxylation sites is 1. The molecular formula is C29H27N7O2. The van der Waals surface area contributed by atoms with E-state index in [1.54, 1.807) is 23.0 Å². The number of carbonyl (C=O) groups excluding carboxylic acids is 1. The molecule has 0 fully saturated rings. The van der Waals surface area contributed by atoms with Crippen molar-refractivity contribution >= 4 is 28.1 Å². The Labute approximate surface area is 219 Å². The molecule has 0 aliphatic heterocycles. The van der Waals surface area contributed by atoms with Crippen molar-refractivity contribution in [2.75, 3.05) is 18.8 Å². The first kappa shape index (κ1) is 24.7. The van der Waals surface area contributed by atoms with Gasteiger partial charge in [-0.25, -0.2) is 9.50 Å². The van der Waals surface area contributed by atoms with E-state index < -0.39 is 11.9 Å². The zero-order chi connectivity index (χ0) is 26.6. The Morgan fingerprint density at radius 1 is 1.13 bits per heavy atom. The summed E-state index contributed by atoms with van der Waals surface area (Å²) in [6, 6.07) is 18.0. The van der Waals surface area contributed by atoms with E-state index >= 15 is 0 Å². The van der Waals surface area contributed by atoms with E-state index in [1.807, 2.05) is 68.4 Å². The lowest BCUT2D eigenvalue weighted by Crippen LogP contribution is -2.32. The molecule has 0 saturated heterocycles. The van der Waals surface area contributed by atoms with E-state index in [0.29, 0.717) is 34.5 Å². The maximum atomic E-state index is 14.0. The molecule has 0 bridgehead atoms. The van der Waals surface area contributed by atoms with Crippen molar-refractivity contribution in [3.8, 4) is 17.5 Å². The first-order chi connectivity index (χ1) is 18.5. The van der Waals surface area contributed by atoms with Crippen molar-refractivity contribution in [3.05, 3.63) is 100 Å². The van der Waals surface area contributed by atoms with Crippen LogP contribution in [0.3, 0.4) is 0 Å². The molecule has 3 heterocycles. The number of nitrogens with two attached hydrogens (primary N) is 1. The second-order valence-electron chi connectivity index (χ2n) is 8.74. The predicted octanol–water partition coefficient (Wildman–Crippen LogP) is 3.07. The molecule has 1 atom stereocenters. The lowest BCUT2D eigenvalue weighted by molar-refractivity contribution is 0.0941. The molecule has 0 unspecified atom stereocenters. The van der Waals surface area contributed by atoms with Crippen LogP contribution in [-0.2, 0) is 0 Å². The first-order valence-corrected chi connectivity index (χ1v) is 12.3. The third kappa shape index (κ3) is 4.61. The highest BCUT2D eigenvalue weighted by Crippen LogP contribution is 2.24. The van der Waals surface area contributed by atoms with Gasteiger partial charge in [0, 0.05) is 29.3 Å². The maximum Gasteiger partial charge on any atom is 0.264 e. The molecule has 9 nitrogen and oxygen atoms in total. The van der Waals surface area contributed by atoms with Crippen molar-refractivity contribution in [3.63, 3.8) is 0 Å². The van der Waals surface area contributed by atoms with E-state index in [4.69, 9.17) is 5.73 Å². The van der Waals surface area contributed by atoms with Crippen molar-refractivity contribution in [2.45, 2.75) is 19.9 Å². The smallest absolute Gasteiger partial charge is 0.264 e. The van der Waals surface area contributed by atoms with Crippen LogP contribution in [0.15, 0.2) is 77.9 Å². The summed E-state index contributed by atoms with van der Waals surface area (Å²) in [5.74, 6) is 5.87. The molecule has 0 spiro atoms. The number of anilines is 1. The lowest BCUT2D eigenvalue weighted by Gasteiger charge is -2.21. The summed E-state index contributed by atoms with van der Waals surface area (Å²) < 4.78 is 3.09. The number of benzene rings is 2. The number of carbonyl (C=O) groups is 1. The maximum absolute atomic E-state index is 14.0. The number of hydrogen-bond donors (Lipinski definition) is 3. The van der Waals surface area contributed by atoms with Crippen LogP contribution in [0.4, 0.5) is 5.82 Å². The second kappa shape index (κ2) is 10.6. The minimum atomic E-state index is -0.554. The van der Waals surface area contributed by atoms with Crippen LogP contribution in [-0.4, -0.2) is 38.2 Å². The van der Waals surface area contributed by atoms with Gasteiger partial charge in [-0.15, -0.1) is 5.10 Å². The molecule has 38 heavy (non-hydrogen) atoms. The fourth-order valence-electron chi connectivity index (χ4n) is 4.44. The van der Waals surface area contributed by atoms with Crippen molar-refractivity contribution in [1.29, 1.82) is 0 Å². The molecule has 2 aromatic carbocycles. The zero-order valence-electron chi connectivity index (χ0n) is 21.1. The molecule has 190 valence electrons. The molecule has 0 aliphatic carbocycles. The Hall–Kier alpha value is -4.94. The topological polar surface area (TPSA) is 119 Å². The zero-order valence-corrected chi connectivity index (χ0v) is 21.1. The van der Waals surface area contributed by atoms with Gasteiger partial charge in [0.25, 0.3) is 11.5 Å². The van der Waals surface area contributed by atoms with Gasteiger partial charge in [0.15, 0.2) is 11.5 Å². The van der Waals surface area contributed by atoms with Gasteiger partial charge in [-0.2, -0.15) is 0 Å². The Kier molecular flexibility index (Phi) is 6.89. The van der Waals surface area contributed by atoms with Crippen LogP contribution in [0.25, 0.3) is 22.1 Å². The summed E-state index contributed by atoms with van der Waals surface area (Å²) >= 11 is 0. The minimum absolute atomic E-state index is 0.0770. The Balaban J connectivity index is 1.62. The molecule has 4 N–H and O–H groups in total. The van der Waals surface area contributed by atoms with Crippen LogP contribution in [0.1, 0.15) is 41.5 Å². The van der Waals surface area contributed by atoms with Crippen LogP contribution >= 0.6 is 0 Å². The van der Waals surface area contributed by atoms with E-state index in [9.17, 15) is 9.59 Å². The Morgan fingerprint density at radius 2 is 1.95 bits per heavy atom. The molecule has 9 heteroatoms. The first-order valence-electron chi connectivity index (χ1n) is 12.3. The number of nitrogens with zero attached hydrogens (tertiary/aromatic N) is 4. The summed E-state index contributed by atoms with van der Waals surface area (Å²) in [6.45, 7) is 5.19. The predicted molar refractivity (Wildman–Crippen MR) is 148 cm³/mol. The Morgan fingerprint density at radius 3 is 2.74 bits per heavy atom. The van der Waals surface area contributed by atoms with Crippen molar-refractivity contribution in [1.82, 2.24) is 29.8 Å². The number of fused-ring (bicyclic) bond motifs is 2. The lowest BCUT2D eigenvalue weighted by atomic mass is 10.0. The number of hydrogen-bond acceptors (Lipinski definition) is 6. The SMILES string of the molecule is CCNCC#Cc1cccc2cc([C@H](C)NC(=O)c3c(N)nn4cccnc34)n(-c3ccccc3)c(=O)c12. The van der Waals surface area contributed by atoms with Gasteiger partial charge in [0.05, 0.1) is 18.0 Å². The van der Waals surface area contributed by atoms with Crippen molar-refractivity contribution in [2.24, 2.45) is 0 Å². The van der Waals surface area contributed by atoms with Crippen LogP contribution < -0.4 is 21.9 Å². The highest BCUT2D eigenvalue weighted by molar-refractivity contribution is 6.04. The average Bonchev–Trinajstić information content (AvgIpc) is 3.27. The Bertz CT molecular complexity index is 1760. The second-order valence-corrected chi connectivity index (χ2v) is 8.74. The quantitative estimate of drug-likeness (QED) is 0.241. The summed E-state index contributed by atoms with van der Waals surface area (Å²) in [4.78, 5) is 31.6. The summed E-state index contributed by atoms with van der Waals surface area (Å²) in [5, 5.41) is 11.6. The third-order valence-corrected chi connectivity index (χ3v) is 6.22. The van der Waals surface area contributed by atoms with E-state index in [-0.39, 0.29) is 16.9 Å². The van der Waals surface area contributed by atoms with Gasteiger partial charge in [-0.3, -0.25) is 14.2 Å².